The van der Waals surface area contributed by atoms with Gasteiger partial charge < -0.3 is 10.2 Å². The van der Waals surface area contributed by atoms with E-state index in [-0.39, 0.29) is 24.1 Å². The molecule has 0 fully saturated rings. The second-order valence-electron chi connectivity index (χ2n) is 8.14. The summed E-state index contributed by atoms with van der Waals surface area (Å²) in [5, 5.41) is 8.55. The Hall–Kier alpha value is -3.13. The van der Waals surface area contributed by atoms with Crippen molar-refractivity contribution in [2.45, 2.75) is 45.8 Å². The van der Waals surface area contributed by atoms with Gasteiger partial charge in [-0.3, -0.25) is 14.6 Å². The van der Waals surface area contributed by atoms with Gasteiger partial charge in [0.05, 0.1) is 0 Å². The van der Waals surface area contributed by atoms with Crippen LogP contribution in [-0.4, -0.2) is 36.8 Å². The lowest BCUT2D eigenvalue weighted by molar-refractivity contribution is -0.127. The number of aromatic nitrogens is 3. The minimum absolute atomic E-state index is 0.209. The van der Waals surface area contributed by atoms with E-state index in [1.54, 1.807) is 23.8 Å². The summed E-state index contributed by atoms with van der Waals surface area (Å²) >= 11 is 1.10. The monoisotopic (exact) mass is 423 g/mol. The first-order valence-corrected chi connectivity index (χ1v) is 10.4. The van der Waals surface area contributed by atoms with Crippen molar-refractivity contribution in [3.63, 3.8) is 0 Å². The van der Waals surface area contributed by atoms with Crippen molar-refractivity contribution >= 4 is 23.3 Å². The van der Waals surface area contributed by atoms with Gasteiger partial charge >= 0.3 is 0 Å². The summed E-state index contributed by atoms with van der Waals surface area (Å²) in [5.74, 6) is -0.614. The Morgan fingerprint density at radius 3 is 2.60 bits per heavy atom. The van der Waals surface area contributed by atoms with Crippen LogP contribution in [0.4, 0.5) is 0 Å². The van der Waals surface area contributed by atoms with E-state index < -0.39 is 11.6 Å². The molecule has 2 amide bonds. The van der Waals surface area contributed by atoms with Gasteiger partial charge in [-0.1, -0.05) is 40.4 Å². The van der Waals surface area contributed by atoms with Gasteiger partial charge in [-0.05, 0) is 56.4 Å². The fourth-order valence-corrected chi connectivity index (χ4v) is 3.55. The molecule has 0 saturated carbocycles. The van der Waals surface area contributed by atoms with E-state index in [2.05, 4.69) is 19.9 Å². The molecule has 30 heavy (non-hydrogen) atoms. The lowest BCUT2D eigenvalue weighted by Crippen LogP contribution is -2.49. The average molecular weight is 424 g/mol. The molecule has 3 aromatic rings. The van der Waals surface area contributed by atoms with E-state index in [1.165, 1.54) is 4.90 Å². The first-order chi connectivity index (χ1) is 14.2. The maximum absolute atomic E-state index is 13.4. The maximum atomic E-state index is 13.4. The van der Waals surface area contributed by atoms with Crippen LogP contribution >= 0.6 is 11.5 Å². The number of hydrogen-bond donors (Lipinski definition) is 1. The zero-order valence-electron chi connectivity index (χ0n) is 17.5. The number of nitrogens with zero attached hydrogens (tertiary/aromatic N) is 4. The van der Waals surface area contributed by atoms with E-state index in [1.807, 2.05) is 58.0 Å². The van der Waals surface area contributed by atoms with Crippen molar-refractivity contribution in [2.75, 3.05) is 0 Å². The molecule has 0 aliphatic carbocycles. The van der Waals surface area contributed by atoms with Crippen molar-refractivity contribution in [3.8, 4) is 0 Å². The predicted octanol–water partition coefficient (Wildman–Crippen LogP) is 3.54. The van der Waals surface area contributed by atoms with E-state index in [0.29, 0.717) is 0 Å². The molecular formula is C22H25N5O2S. The number of amides is 2. The highest BCUT2D eigenvalue weighted by molar-refractivity contribution is 7.03. The number of nitrogens with one attached hydrogen (secondary N) is 1. The highest BCUT2D eigenvalue weighted by Crippen LogP contribution is 2.27. The largest absolute Gasteiger partial charge is 0.349 e. The number of carbonyl (C=O) groups is 2. The van der Waals surface area contributed by atoms with Gasteiger partial charge in [0.25, 0.3) is 5.91 Å². The summed E-state index contributed by atoms with van der Waals surface area (Å²) < 4.78 is 3.81. The number of pyridine rings is 1. The third kappa shape index (κ3) is 5.48. The Kier molecular flexibility index (Phi) is 6.56. The fourth-order valence-electron chi connectivity index (χ4n) is 3.12. The van der Waals surface area contributed by atoms with Crippen LogP contribution in [0.25, 0.3) is 0 Å². The Morgan fingerprint density at radius 2 is 2.00 bits per heavy atom. The minimum Gasteiger partial charge on any atom is -0.349 e. The van der Waals surface area contributed by atoms with Gasteiger partial charge in [0.1, 0.15) is 6.04 Å². The molecule has 0 saturated heterocycles. The van der Waals surface area contributed by atoms with Gasteiger partial charge in [-0.2, -0.15) is 0 Å². The molecule has 2 heterocycles. The third-order valence-corrected chi connectivity index (χ3v) is 4.84. The zero-order chi connectivity index (χ0) is 21.7. The Morgan fingerprint density at radius 1 is 1.20 bits per heavy atom. The van der Waals surface area contributed by atoms with E-state index in [4.69, 9.17) is 0 Å². The van der Waals surface area contributed by atoms with E-state index in [9.17, 15) is 9.59 Å². The van der Waals surface area contributed by atoms with Crippen LogP contribution in [0.1, 0.15) is 54.0 Å². The third-order valence-electron chi connectivity index (χ3n) is 4.33. The summed E-state index contributed by atoms with van der Waals surface area (Å²) in [6, 6.07) is 10.5. The molecule has 0 spiro atoms. The SMILES string of the molecule is Cc1cccc([C@H](C(=O)NC(C)(C)C)N(Cc2cccnc2)C(=O)c2csnn2)c1. The molecule has 2 aromatic heterocycles. The summed E-state index contributed by atoms with van der Waals surface area (Å²) in [6.45, 7) is 7.90. The quantitative estimate of drug-likeness (QED) is 0.655. The van der Waals surface area contributed by atoms with Gasteiger partial charge in [0.15, 0.2) is 5.69 Å². The number of hydrogen-bond acceptors (Lipinski definition) is 6. The molecule has 1 aromatic carbocycles. The minimum atomic E-state index is -0.835. The Bertz CT molecular complexity index is 1000. The summed E-state index contributed by atoms with van der Waals surface area (Å²) in [4.78, 5) is 32.5. The van der Waals surface area contributed by atoms with Crippen molar-refractivity contribution in [3.05, 3.63) is 76.6 Å². The highest BCUT2D eigenvalue weighted by Gasteiger charge is 2.34. The standard InChI is InChI=1S/C22H25N5O2S/c1-15-7-5-9-17(11-15)19(20(28)24-22(2,3)4)27(13-16-8-6-10-23-12-16)21(29)18-14-30-26-25-18/h5-12,14,19H,13H2,1-4H3,(H,24,28)/t19-/m1/s1. The van der Waals surface area contributed by atoms with Gasteiger partial charge in [0, 0.05) is 29.9 Å². The Balaban J connectivity index is 2.09. The Labute approximate surface area is 180 Å². The number of rotatable bonds is 6. The van der Waals surface area contributed by atoms with Crippen LogP contribution < -0.4 is 5.32 Å². The number of benzene rings is 1. The van der Waals surface area contributed by atoms with Crippen LogP contribution in [0.3, 0.4) is 0 Å². The molecule has 0 radical (unpaired) electrons. The van der Waals surface area contributed by atoms with Gasteiger partial charge in [0.2, 0.25) is 5.91 Å². The van der Waals surface area contributed by atoms with Crippen molar-refractivity contribution in [1.82, 2.24) is 24.8 Å². The summed E-state index contributed by atoms with van der Waals surface area (Å²) in [6.07, 6.45) is 3.36. The lowest BCUT2D eigenvalue weighted by Gasteiger charge is -2.33. The first kappa shape index (κ1) is 21.6. The first-order valence-electron chi connectivity index (χ1n) is 9.60. The van der Waals surface area contributed by atoms with Crippen LogP contribution in [0.2, 0.25) is 0 Å². The summed E-state index contributed by atoms with van der Waals surface area (Å²) in [5.41, 5.74) is 2.31. The second kappa shape index (κ2) is 9.13. The molecule has 0 aliphatic heterocycles. The van der Waals surface area contributed by atoms with Gasteiger partial charge in [-0.15, -0.1) is 5.10 Å². The molecule has 3 rings (SSSR count). The molecule has 0 aliphatic rings. The van der Waals surface area contributed by atoms with Crippen molar-refractivity contribution in [2.24, 2.45) is 0 Å². The van der Waals surface area contributed by atoms with Crippen molar-refractivity contribution in [1.29, 1.82) is 0 Å². The zero-order valence-corrected chi connectivity index (χ0v) is 18.3. The lowest BCUT2D eigenvalue weighted by atomic mass is 9.99. The molecule has 1 atom stereocenters. The maximum Gasteiger partial charge on any atom is 0.276 e. The predicted molar refractivity (Wildman–Crippen MR) is 116 cm³/mol. The van der Waals surface area contributed by atoms with Gasteiger partial charge in [-0.25, -0.2) is 0 Å². The topological polar surface area (TPSA) is 88.1 Å². The molecule has 7 nitrogen and oxygen atoms in total. The van der Waals surface area contributed by atoms with Crippen LogP contribution in [0, 0.1) is 6.92 Å². The number of aryl methyl sites for hydroxylation is 1. The smallest absolute Gasteiger partial charge is 0.276 e. The molecular weight excluding hydrogens is 398 g/mol. The van der Waals surface area contributed by atoms with Crippen LogP contribution in [0.5, 0.6) is 0 Å². The van der Waals surface area contributed by atoms with E-state index in [0.717, 1.165) is 28.2 Å². The number of carbonyl (C=O) groups excluding carboxylic acids is 2. The average Bonchev–Trinajstić information content (AvgIpc) is 3.21. The normalized spacial score (nSPS) is 12.3. The van der Waals surface area contributed by atoms with Crippen molar-refractivity contribution < 1.29 is 9.59 Å². The molecule has 0 unspecified atom stereocenters. The summed E-state index contributed by atoms with van der Waals surface area (Å²) in [7, 11) is 0. The van der Waals surface area contributed by atoms with Crippen LogP contribution in [-0.2, 0) is 11.3 Å². The fraction of sp³-hybridized carbons (Fsp3) is 0.318. The molecule has 8 heteroatoms. The molecule has 156 valence electrons. The highest BCUT2D eigenvalue weighted by atomic mass is 32.1. The molecule has 1 N–H and O–H groups in total. The van der Waals surface area contributed by atoms with Crippen LogP contribution in [0.15, 0.2) is 54.2 Å². The molecule has 0 bridgehead atoms. The second-order valence-corrected chi connectivity index (χ2v) is 8.75. The van der Waals surface area contributed by atoms with E-state index >= 15 is 0 Å².